The van der Waals surface area contributed by atoms with Gasteiger partial charge in [-0.15, -0.1) is 5.10 Å². The van der Waals surface area contributed by atoms with Gasteiger partial charge in [0.2, 0.25) is 0 Å². The lowest BCUT2D eigenvalue weighted by Crippen LogP contribution is -2.38. The van der Waals surface area contributed by atoms with Crippen LogP contribution >= 0.6 is 15.9 Å². The Morgan fingerprint density at radius 2 is 1.94 bits per heavy atom. The summed E-state index contributed by atoms with van der Waals surface area (Å²) in [6.45, 7) is 1.38. The lowest BCUT2D eigenvalue weighted by atomic mass is 9.92. The fraction of sp³-hybridized carbons (Fsp3) is 0.229. The van der Waals surface area contributed by atoms with Crippen LogP contribution in [0.4, 0.5) is 14.5 Å². The van der Waals surface area contributed by atoms with Gasteiger partial charge in [0.15, 0.2) is 11.6 Å². The van der Waals surface area contributed by atoms with Crippen molar-refractivity contribution >= 4 is 50.1 Å². The number of allylic oxidation sites excluding steroid dienone is 1. The number of nitrogen functional groups attached to an aromatic ring is 1. The molecule has 0 bridgehead atoms. The van der Waals surface area contributed by atoms with E-state index in [1.165, 1.54) is 4.68 Å². The highest BCUT2D eigenvalue weighted by Crippen LogP contribution is 2.39. The van der Waals surface area contributed by atoms with Crippen molar-refractivity contribution in [3.05, 3.63) is 111 Å². The smallest absolute Gasteiger partial charge is 0.254 e. The number of hydrogen-bond donors (Lipinski definition) is 1. The first-order valence-corrected chi connectivity index (χ1v) is 16.4. The number of hydrogen-bond acceptors (Lipinski definition) is 8. The van der Waals surface area contributed by atoms with E-state index in [1.54, 1.807) is 12.5 Å². The van der Waals surface area contributed by atoms with Crippen LogP contribution in [-0.2, 0) is 13.0 Å². The fourth-order valence-electron chi connectivity index (χ4n) is 6.68. The minimum atomic E-state index is -0.891. The van der Waals surface area contributed by atoms with E-state index in [1.807, 2.05) is 53.4 Å². The molecule has 1 amide bonds. The summed E-state index contributed by atoms with van der Waals surface area (Å²) >= 11 is 2.85. The number of fused-ring (bicyclic) bond motifs is 2. The van der Waals surface area contributed by atoms with Gasteiger partial charge in [0.25, 0.3) is 5.91 Å². The van der Waals surface area contributed by atoms with Gasteiger partial charge in [0.05, 0.1) is 45.1 Å². The molecule has 6 aromatic rings. The first kappa shape index (κ1) is 30.2. The Kier molecular flexibility index (Phi) is 7.63. The predicted molar refractivity (Wildman–Crippen MR) is 178 cm³/mol. The summed E-state index contributed by atoms with van der Waals surface area (Å²) < 4.78 is 40.8. The lowest BCUT2D eigenvalue weighted by Gasteiger charge is -2.32. The molecular weight excluding hydrogens is 684 g/mol. The van der Waals surface area contributed by atoms with Crippen molar-refractivity contribution in [1.82, 2.24) is 30.0 Å². The number of carbonyl (C=O) groups excluding carboxylic acids is 1. The molecule has 2 aromatic carbocycles. The number of likely N-dealkylation sites (tertiary alicyclic amines) is 1. The number of benzene rings is 2. The molecule has 1 saturated heterocycles. The third-order valence-electron chi connectivity index (χ3n) is 9.13. The number of aromatic nitrogens is 5. The molecule has 48 heavy (non-hydrogen) atoms. The zero-order valence-electron chi connectivity index (χ0n) is 25.5. The molecule has 2 aliphatic rings. The van der Waals surface area contributed by atoms with E-state index in [0.29, 0.717) is 18.8 Å². The van der Waals surface area contributed by atoms with Gasteiger partial charge in [-0.1, -0.05) is 28.6 Å². The maximum atomic E-state index is 14.3. The molecule has 0 atom stereocenters. The highest BCUT2D eigenvalue weighted by Gasteiger charge is 2.32. The zero-order valence-corrected chi connectivity index (χ0v) is 27.1. The highest BCUT2D eigenvalue weighted by molar-refractivity contribution is 9.10. The fourth-order valence-corrected chi connectivity index (χ4v) is 7.01. The van der Waals surface area contributed by atoms with Crippen LogP contribution in [-0.4, -0.2) is 49.0 Å². The minimum Gasteiger partial charge on any atom is -0.465 e. The molecular formula is C35H28BrF2N7O3. The molecule has 0 saturated carbocycles. The number of halogens is 3. The van der Waals surface area contributed by atoms with Crippen molar-refractivity contribution in [1.29, 1.82) is 0 Å². The van der Waals surface area contributed by atoms with Gasteiger partial charge in [0.1, 0.15) is 23.8 Å². The van der Waals surface area contributed by atoms with E-state index in [-0.39, 0.29) is 39.8 Å². The number of rotatable bonds is 6. The second-order valence-corrected chi connectivity index (χ2v) is 12.8. The normalized spacial score (nSPS) is 15.9. The first-order valence-electron chi connectivity index (χ1n) is 15.6. The van der Waals surface area contributed by atoms with Gasteiger partial charge < -0.3 is 19.6 Å². The summed E-state index contributed by atoms with van der Waals surface area (Å²) in [5.41, 5.74) is 11.3. The SMILES string of the molecule is Nc1c(-c2cn(Cc3cc(C4CCN(C(=O)c5c6c(nc7ccccc57)/C(=C\c5ccco5)CC6)CC4)no3)nn2)cc(F)c(Br)c1F. The van der Waals surface area contributed by atoms with Crippen molar-refractivity contribution in [2.24, 2.45) is 0 Å². The van der Waals surface area contributed by atoms with E-state index in [4.69, 9.17) is 19.7 Å². The van der Waals surface area contributed by atoms with Crippen LogP contribution in [0.1, 0.15) is 64.0 Å². The third-order valence-corrected chi connectivity index (χ3v) is 9.85. The molecule has 1 aliphatic carbocycles. The Bertz CT molecular complexity index is 2220. The molecule has 8 rings (SSSR count). The second kappa shape index (κ2) is 12.1. The second-order valence-electron chi connectivity index (χ2n) is 12.0. The van der Waals surface area contributed by atoms with Crippen LogP contribution < -0.4 is 5.73 Å². The first-order chi connectivity index (χ1) is 23.3. The lowest BCUT2D eigenvalue weighted by molar-refractivity contribution is 0.0712. The van der Waals surface area contributed by atoms with E-state index >= 15 is 0 Å². The van der Waals surface area contributed by atoms with Crippen LogP contribution in [0.3, 0.4) is 0 Å². The predicted octanol–water partition coefficient (Wildman–Crippen LogP) is 7.25. The van der Waals surface area contributed by atoms with Gasteiger partial charge >= 0.3 is 0 Å². The zero-order chi connectivity index (χ0) is 32.9. The molecule has 2 N–H and O–H groups in total. The Morgan fingerprint density at radius 1 is 1.10 bits per heavy atom. The van der Waals surface area contributed by atoms with Crippen LogP contribution in [0.25, 0.3) is 33.8 Å². The van der Waals surface area contributed by atoms with Gasteiger partial charge in [0, 0.05) is 36.0 Å². The third kappa shape index (κ3) is 5.37. The molecule has 4 aromatic heterocycles. The molecule has 5 heterocycles. The Morgan fingerprint density at radius 3 is 2.75 bits per heavy atom. The average molecular weight is 713 g/mol. The number of para-hydroxylation sites is 1. The molecule has 13 heteroatoms. The molecule has 242 valence electrons. The minimum absolute atomic E-state index is 0.0246. The van der Waals surface area contributed by atoms with Crippen LogP contribution in [0.15, 0.2) is 74.4 Å². The van der Waals surface area contributed by atoms with Crippen molar-refractivity contribution in [2.75, 3.05) is 18.8 Å². The van der Waals surface area contributed by atoms with Gasteiger partial charge in [-0.25, -0.2) is 18.4 Å². The van der Waals surface area contributed by atoms with Gasteiger partial charge in [-0.2, -0.15) is 0 Å². The van der Waals surface area contributed by atoms with Crippen molar-refractivity contribution in [2.45, 2.75) is 38.1 Å². The number of pyridine rings is 1. The van der Waals surface area contributed by atoms with E-state index in [2.05, 4.69) is 31.4 Å². The molecule has 0 unspecified atom stereocenters. The summed E-state index contributed by atoms with van der Waals surface area (Å²) in [4.78, 5) is 21.1. The van der Waals surface area contributed by atoms with Crippen molar-refractivity contribution in [3.8, 4) is 11.3 Å². The monoisotopic (exact) mass is 711 g/mol. The maximum Gasteiger partial charge on any atom is 0.254 e. The number of nitrogens with two attached hydrogens (primary N) is 1. The van der Waals surface area contributed by atoms with Gasteiger partial charge in [-0.05, 0) is 83.1 Å². The van der Waals surface area contributed by atoms with Crippen molar-refractivity contribution < 1.29 is 22.5 Å². The summed E-state index contributed by atoms with van der Waals surface area (Å²) in [6.07, 6.45) is 8.22. The number of piperidine rings is 1. The number of carbonyl (C=O) groups is 1. The van der Waals surface area contributed by atoms with Crippen LogP contribution in [0, 0.1) is 11.6 Å². The number of anilines is 1. The molecule has 1 aliphatic heterocycles. The standard InChI is InChI=1S/C35H28BrF2N7O3/c36-31-26(37)16-25(33(39)32(31)38)29-18-45(43-41-29)17-22-15-28(42-48-22)19-9-11-44(12-10-19)35(46)30-23-5-1-2-6-27(23)40-34-20(7-8-24(30)34)14-21-4-3-13-47-21/h1-6,13-16,18-19H,7-12,17,39H2/b20-14-. The summed E-state index contributed by atoms with van der Waals surface area (Å²) in [6, 6.07) is 14.6. The summed E-state index contributed by atoms with van der Waals surface area (Å²) in [5, 5.41) is 13.3. The molecule has 0 spiro atoms. The van der Waals surface area contributed by atoms with Crippen LogP contribution in [0.5, 0.6) is 0 Å². The highest BCUT2D eigenvalue weighted by atomic mass is 79.9. The number of nitrogens with zero attached hydrogens (tertiary/aromatic N) is 6. The number of amides is 1. The molecule has 10 nitrogen and oxygen atoms in total. The average Bonchev–Trinajstić information content (AvgIpc) is 3.94. The van der Waals surface area contributed by atoms with E-state index in [0.717, 1.165) is 76.5 Å². The Labute approximate surface area is 281 Å². The Balaban J connectivity index is 0.968. The van der Waals surface area contributed by atoms with Crippen molar-refractivity contribution in [3.63, 3.8) is 0 Å². The van der Waals surface area contributed by atoms with E-state index < -0.39 is 11.6 Å². The van der Waals surface area contributed by atoms with E-state index in [9.17, 15) is 13.6 Å². The molecule has 1 fully saturated rings. The summed E-state index contributed by atoms with van der Waals surface area (Å²) in [7, 11) is 0. The largest absolute Gasteiger partial charge is 0.465 e. The van der Waals surface area contributed by atoms with Crippen LogP contribution in [0.2, 0.25) is 0 Å². The quantitative estimate of drug-likeness (QED) is 0.141. The maximum absolute atomic E-state index is 14.3. The number of furan rings is 1. The molecule has 0 radical (unpaired) electrons. The summed E-state index contributed by atoms with van der Waals surface area (Å²) in [5.74, 6) is -0.213. The topological polar surface area (TPSA) is 129 Å². The van der Waals surface area contributed by atoms with Gasteiger partial charge in [-0.3, -0.25) is 4.79 Å². The Hall–Kier alpha value is -5.17.